The van der Waals surface area contributed by atoms with Crippen LogP contribution in [0.3, 0.4) is 0 Å². The zero-order chi connectivity index (χ0) is 14.7. The fourth-order valence-electron chi connectivity index (χ4n) is 1.29. The quantitative estimate of drug-likeness (QED) is 0.900. The lowest BCUT2D eigenvalue weighted by atomic mass is 10.2. The van der Waals surface area contributed by atoms with Gasteiger partial charge in [0.05, 0.1) is 10.7 Å². The summed E-state index contributed by atoms with van der Waals surface area (Å²) in [5, 5.41) is 12.2. The number of hydrogen-bond donors (Lipinski definition) is 2. The number of carbonyl (C=O) groups is 2. The lowest BCUT2D eigenvalue weighted by Gasteiger charge is -2.22. The zero-order valence-corrected chi connectivity index (χ0v) is 12.2. The van der Waals surface area contributed by atoms with Crippen molar-refractivity contribution >= 4 is 40.9 Å². The van der Waals surface area contributed by atoms with Gasteiger partial charge in [0, 0.05) is 12.1 Å². The molecule has 1 aromatic rings. The number of amides is 2. The smallest absolute Gasteiger partial charge is 0.326 e. The van der Waals surface area contributed by atoms with E-state index in [1.54, 1.807) is 13.0 Å². The minimum absolute atomic E-state index is 0.339. The van der Waals surface area contributed by atoms with E-state index in [1.807, 2.05) is 0 Å². The molecule has 1 rings (SSSR count). The molecule has 0 spiro atoms. The van der Waals surface area contributed by atoms with Crippen molar-refractivity contribution in [1.82, 2.24) is 4.90 Å². The van der Waals surface area contributed by atoms with E-state index in [1.165, 1.54) is 20.0 Å². The van der Waals surface area contributed by atoms with Crippen LogP contribution in [0.2, 0.25) is 10.0 Å². The number of hydrogen-bond acceptors (Lipinski definition) is 2. The normalized spacial score (nSPS) is 11.8. The van der Waals surface area contributed by atoms with Crippen LogP contribution in [-0.4, -0.2) is 35.1 Å². The van der Waals surface area contributed by atoms with Crippen LogP contribution in [-0.2, 0) is 4.79 Å². The van der Waals surface area contributed by atoms with Crippen molar-refractivity contribution in [1.29, 1.82) is 0 Å². The SMILES string of the molecule is Cc1cc(Cl)c(NC(=O)N(C)C(C)C(=O)O)cc1Cl. The van der Waals surface area contributed by atoms with E-state index < -0.39 is 18.0 Å². The number of aryl methyl sites for hydroxylation is 1. The number of benzene rings is 1. The van der Waals surface area contributed by atoms with E-state index in [-0.39, 0.29) is 0 Å². The van der Waals surface area contributed by atoms with Gasteiger partial charge in [-0.1, -0.05) is 23.2 Å². The van der Waals surface area contributed by atoms with Crippen LogP contribution >= 0.6 is 23.2 Å². The Kier molecular flexibility index (Phi) is 5.03. The Balaban J connectivity index is 2.88. The van der Waals surface area contributed by atoms with Crippen LogP contribution in [0, 0.1) is 6.92 Å². The number of halogens is 2. The molecule has 1 unspecified atom stereocenters. The molecule has 2 N–H and O–H groups in total. The maximum atomic E-state index is 11.9. The third-order valence-corrected chi connectivity index (χ3v) is 3.47. The van der Waals surface area contributed by atoms with Crippen molar-refractivity contribution in [2.45, 2.75) is 19.9 Å². The molecule has 0 fully saturated rings. The summed E-state index contributed by atoms with van der Waals surface area (Å²) in [6.45, 7) is 3.20. The number of aliphatic carboxylic acids is 1. The molecule has 0 bridgehead atoms. The monoisotopic (exact) mass is 304 g/mol. The first-order chi connectivity index (χ1) is 8.73. The van der Waals surface area contributed by atoms with Gasteiger partial charge in [0.15, 0.2) is 0 Å². The predicted molar refractivity (Wildman–Crippen MR) is 75.1 cm³/mol. The zero-order valence-electron chi connectivity index (χ0n) is 10.7. The van der Waals surface area contributed by atoms with E-state index in [0.29, 0.717) is 15.7 Å². The van der Waals surface area contributed by atoms with E-state index in [0.717, 1.165) is 10.5 Å². The summed E-state index contributed by atoms with van der Waals surface area (Å²) in [7, 11) is 1.39. The number of carboxylic acids is 1. The van der Waals surface area contributed by atoms with Crippen molar-refractivity contribution in [2.24, 2.45) is 0 Å². The van der Waals surface area contributed by atoms with Gasteiger partial charge in [-0.15, -0.1) is 0 Å². The fourth-order valence-corrected chi connectivity index (χ4v) is 1.72. The van der Waals surface area contributed by atoms with Crippen molar-refractivity contribution in [2.75, 3.05) is 12.4 Å². The molecule has 104 valence electrons. The van der Waals surface area contributed by atoms with Gasteiger partial charge < -0.3 is 15.3 Å². The second kappa shape index (κ2) is 6.12. The predicted octanol–water partition coefficient (Wildman–Crippen LogP) is 3.24. The number of anilines is 1. The largest absolute Gasteiger partial charge is 0.480 e. The van der Waals surface area contributed by atoms with E-state index in [2.05, 4.69) is 5.32 Å². The second-order valence-corrected chi connectivity index (χ2v) is 4.95. The van der Waals surface area contributed by atoms with Crippen LogP contribution < -0.4 is 5.32 Å². The van der Waals surface area contributed by atoms with Crippen LogP contribution in [0.1, 0.15) is 12.5 Å². The van der Waals surface area contributed by atoms with Gasteiger partial charge in [0.25, 0.3) is 0 Å². The van der Waals surface area contributed by atoms with Crippen molar-refractivity contribution in [3.63, 3.8) is 0 Å². The molecule has 0 heterocycles. The van der Waals surface area contributed by atoms with Crippen LogP contribution in [0.15, 0.2) is 12.1 Å². The number of rotatable bonds is 3. The van der Waals surface area contributed by atoms with Gasteiger partial charge in [0.1, 0.15) is 6.04 Å². The first-order valence-electron chi connectivity index (χ1n) is 5.46. The number of nitrogens with one attached hydrogen (secondary N) is 1. The summed E-state index contributed by atoms with van der Waals surface area (Å²) in [6, 6.07) is 1.63. The molecule has 0 aliphatic carbocycles. The molecule has 7 heteroatoms. The van der Waals surface area contributed by atoms with Crippen LogP contribution in [0.5, 0.6) is 0 Å². The van der Waals surface area contributed by atoms with E-state index in [4.69, 9.17) is 28.3 Å². The Morgan fingerprint density at radius 3 is 2.42 bits per heavy atom. The highest BCUT2D eigenvalue weighted by Gasteiger charge is 2.22. The second-order valence-electron chi connectivity index (χ2n) is 4.14. The van der Waals surface area contributed by atoms with Crippen molar-refractivity contribution in [3.05, 3.63) is 27.7 Å². The number of carbonyl (C=O) groups excluding carboxylic acids is 1. The minimum atomic E-state index is -1.09. The Hall–Kier alpha value is -1.46. The highest BCUT2D eigenvalue weighted by Crippen LogP contribution is 2.28. The molecule has 1 atom stereocenters. The summed E-state index contributed by atoms with van der Waals surface area (Å²) >= 11 is 11.9. The first-order valence-corrected chi connectivity index (χ1v) is 6.22. The maximum Gasteiger partial charge on any atom is 0.326 e. The summed E-state index contributed by atoms with van der Waals surface area (Å²) in [5.74, 6) is -1.09. The molecule has 0 aliphatic rings. The Morgan fingerprint density at radius 1 is 1.32 bits per heavy atom. The third kappa shape index (κ3) is 3.75. The molecule has 19 heavy (non-hydrogen) atoms. The maximum absolute atomic E-state index is 11.9. The molecule has 1 aromatic carbocycles. The fraction of sp³-hybridized carbons (Fsp3) is 0.333. The number of urea groups is 1. The van der Waals surface area contributed by atoms with Gasteiger partial charge in [-0.25, -0.2) is 9.59 Å². The summed E-state index contributed by atoms with van der Waals surface area (Å²) in [4.78, 5) is 23.7. The minimum Gasteiger partial charge on any atom is -0.480 e. The molecule has 0 aromatic heterocycles. The number of likely N-dealkylation sites (N-methyl/N-ethyl adjacent to an activating group) is 1. The highest BCUT2D eigenvalue weighted by molar-refractivity contribution is 6.36. The van der Waals surface area contributed by atoms with Gasteiger partial charge >= 0.3 is 12.0 Å². The third-order valence-electron chi connectivity index (χ3n) is 2.75. The highest BCUT2D eigenvalue weighted by atomic mass is 35.5. The molecule has 5 nitrogen and oxygen atoms in total. The average Bonchev–Trinajstić information content (AvgIpc) is 2.33. The molecule has 0 aliphatic heterocycles. The van der Waals surface area contributed by atoms with Gasteiger partial charge in [-0.05, 0) is 31.5 Å². The molecule has 0 saturated heterocycles. The van der Waals surface area contributed by atoms with E-state index in [9.17, 15) is 9.59 Å². The first kappa shape index (κ1) is 15.6. The Morgan fingerprint density at radius 2 is 1.89 bits per heavy atom. The Labute approximate surface area is 121 Å². The number of nitrogens with zero attached hydrogens (tertiary/aromatic N) is 1. The van der Waals surface area contributed by atoms with Gasteiger partial charge in [-0.3, -0.25) is 0 Å². The van der Waals surface area contributed by atoms with Gasteiger partial charge in [-0.2, -0.15) is 0 Å². The molecular weight excluding hydrogens is 291 g/mol. The molecule has 2 amide bonds. The molecule has 0 saturated carbocycles. The summed E-state index contributed by atoms with van der Waals surface area (Å²) < 4.78 is 0. The van der Waals surface area contributed by atoms with Crippen molar-refractivity contribution < 1.29 is 14.7 Å². The lowest BCUT2D eigenvalue weighted by molar-refractivity contribution is -0.141. The van der Waals surface area contributed by atoms with Crippen LogP contribution in [0.4, 0.5) is 10.5 Å². The topological polar surface area (TPSA) is 69.6 Å². The summed E-state index contributed by atoms with van der Waals surface area (Å²) in [6.07, 6.45) is 0. The summed E-state index contributed by atoms with van der Waals surface area (Å²) in [5.41, 5.74) is 1.13. The lowest BCUT2D eigenvalue weighted by Crippen LogP contribution is -2.42. The van der Waals surface area contributed by atoms with Crippen LogP contribution in [0.25, 0.3) is 0 Å². The molecule has 0 radical (unpaired) electrons. The standard InChI is InChI=1S/C12H14Cl2N2O3/c1-6-4-9(14)10(5-8(6)13)15-12(19)16(3)7(2)11(17)18/h4-5,7H,1-3H3,(H,15,19)(H,17,18). The van der Waals surface area contributed by atoms with Crippen molar-refractivity contribution in [3.8, 4) is 0 Å². The van der Waals surface area contributed by atoms with Gasteiger partial charge in [0.2, 0.25) is 0 Å². The average molecular weight is 305 g/mol. The van der Waals surface area contributed by atoms with E-state index >= 15 is 0 Å². The molecular formula is C12H14Cl2N2O3. The number of carboxylic acid groups (broad SMARTS) is 1. The Bertz CT molecular complexity index is 520.